The number of rotatable bonds is 7. The number of methoxy groups -OCH3 is 2. The maximum absolute atomic E-state index is 13.3. The second-order valence-corrected chi connectivity index (χ2v) is 7.12. The molecule has 2 aromatic rings. The summed E-state index contributed by atoms with van der Waals surface area (Å²) < 4.78 is 50.0. The molecular weight excluding hydrogens is 363 g/mol. The van der Waals surface area contributed by atoms with Crippen molar-refractivity contribution >= 4 is 21.6 Å². The van der Waals surface area contributed by atoms with Crippen LogP contribution in [0.2, 0.25) is 0 Å². The second-order valence-electron chi connectivity index (χ2n) is 5.35. The first-order chi connectivity index (χ1) is 12.3. The molecule has 0 bridgehead atoms. The number of aryl methyl sites for hydroxylation is 1. The predicted molar refractivity (Wildman–Crippen MR) is 94.5 cm³/mol. The average Bonchev–Trinajstić information content (AvgIpc) is 2.62. The summed E-state index contributed by atoms with van der Waals surface area (Å²) in [5, 5.41) is 2.55. The first-order valence-corrected chi connectivity index (χ1v) is 9.03. The van der Waals surface area contributed by atoms with E-state index in [9.17, 15) is 17.6 Å². The fraction of sp³-hybridized carbons (Fsp3) is 0.235. The van der Waals surface area contributed by atoms with Gasteiger partial charge in [0, 0.05) is 11.8 Å². The first kappa shape index (κ1) is 19.7. The molecule has 2 N–H and O–H groups in total. The van der Waals surface area contributed by atoms with Gasteiger partial charge in [0.2, 0.25) is 15.9 Å². The quantitative estimate of drug-likeness (QED) is 0.765. The van der Waals surface area contributed by atoms with Gasteiger partial charge in [-0.15, -0.1) is 0 Å². The van der Waals surface area contributed by atoms with E-state index in [1.165, 1.54) is 27.2 Å². The Morgan fingerprint density at radius 1 is 1.08 bits per heavy atom. The van der Waals surface area contributed by atoms with Crippen LogP contribution in [-0.4, -0.2) is 35.1 Å². The Kier molecular flexibility index (Phi) is 6.17. The van der Waals surface area contributed by atoms with Gasteiger partial charge in [-0.3, -0.25) is 4.79 Å². The summed E-state index contributed by atoms with van der Waals surface area (Å²) in [4.78, 5) is 11.9. The molecule has 0 saturated heterocycles. The highest BCUT2D eigenvalue weighted by atomic mass is 32.2. The van der Waals surface area contributed by atoms with Crippen LogP contribution in [0.1, 0.15) is 5.56 Å². The minimum atomic E-state index is -3.93. The summed E-state index contributed by atoms with van der Waals surface area (Å²) in [5.74, 6) is -0.152. The van der Waals surface area contributed by atoms with Crippen molar-refractivity contribution in [1.29, 1.82) is 0 Å². The molecule has 0 aliphatic rings. The van der Waals surface area contributed by atoms with E-state index in [0.29, 0.717) is 17.2 Å². The van der Waals surface area contributed by atoms with E-state index < -0.39 is 28.3 Å². The molecule has 1 amide bonds. The fourth-order valence-corrected chi connectivity index (χ4v) is 3.21. The van der Waals surface area contributed by atoms with Crippen molar-refractivity contribution < 1.29 is 27.1 Å². The Balaban J connectivity index is 2.03. The van der Waals surface area contributed by atoms with Crippen LogP contribution in [0.4, 0.5) is 10.1 Å². The van der Waals surface area contributed by atoms with Gasteiger partial charge in [0.05, 0.1) is 25.7 Å². The third kappa shape index (κ3) is 4.70. The molecule has 0 unspecified atom stereocenters. The Morgan fingerprint density at radius 2 is 1.77 bits per heavy atom. The summed E-state index contributed by atoms with van der Waals surface area (Å²) in [7, 11) is -0.984. The lowest BCUT2D eigenvalue weighted by atomic mass is 10.2. The molecule has 0 heterocycles. The van der Waals surface area contributed by atoms with E-state index in [0.717, 1.165) is 12.1 Å². The number of carbonyl (C=O) groups excluding carboxylic acids is 1. The van der Waals surface area contributed by atoms with Gasteiger partial charge >= 0.3 is 0 Å². The number of anilines is 1. The Bertz CT molecular complexity index is 915. The molecule has 0 spiro atoms. The number of nitrogens with one attached hydrogen (secondary N) is 2. The summed E-state index contributed by atoms with van der Waals surface area (Å²) in [6.45, 7) is 0.977. The van der Waals surface area contributed by atoms with Crippen LogP contribution in [0.3, 0.4) is 0 Å². The maximum atomic E-state index is 13.3. The van der Waals surface area contributed by atoms with Gasteiger partial charge in [-0.25, -0.2) is 17.5 Å². The van der Waals surface area contributed by atoms with Gasteiger partial charge in [-0.1, -0.05) is 0 Å². The summed E-state index contributed by atoms with van der Waals surface area (Å²) >= 11 is 0. The van der Waals surface area contributed by atoms with Gasteiger partial charge in [-0.05, 0) is 42.8 Å². The van der Waals surface area contributed by atoms with Crippen LogP contribution in [0.25, 0.3) is 0 Å². The summed E-state index contributed by atoms with van der Waals surface area (Å²) in [6, 6.07) is 8.15. The number of hydrogen-bond donors (Lipinski definition) is 2. The minimum Gasteiger partial charge on any atom is -0.493 e. The van der Waals surface area contributed by atoms with E-state index in [1.54, 1.807) is 18.2 Å². The van der Waals surface area contributed by atoms with Crippen LogP contribution < -0.4 is 19.5 Å². The minimum absolute atomic E-state index is 0.115. The predicted octanol–water partition coefficient (Wildman–Crippen LogP) is 2.07. The number of ether oxygens (including phenoxy) is 2. The Hall–Kier alpha value is -2.65. The highest BCUT2D eigenvalue weighted by molar-refractivity contribution is 7.89. The maximum Gasteiger partial charge on any atom is 0.241 e. The molecule has 0 aliphatic carbocycles. The van der Waals surface area contributed by atoms with Crippen molar-refractivity contribution in [3.05, 3.63) is 47.8 Å². The van der Waals surface area contributed by atoms with Crippen LogP contribution in [0.5, 0.6) is 11.5 Å². The van der Waals surface area contributed by atoms with E-state index in [1.807, 2.05) is 0 Å². The van der Waals surface area contributed by atoms with Crippen molar-refractivity contribution in [1.82, 2.24) is 4.72 Å². The molecule has 0 radical (unpaired) electrons. The lowest BCUT2D eigenvalue weighted by Gasteiger charge is -2.11. The van der Waals surface area contributed by atoms with Crippen molar-refractivity contribution in [3.8, 4) is 11.5 Å². The van der Waals surface area contributed by atoms with Gasteiger partial charge in [0.15, 0.2) is 11.5 Å². The summed E-state index contributed by atoms with van der Waals surface area (Å²) in [6.07, 6.45) is 0. The molecule has 140 valence electrons. The van der Waals surface area contributed by atoms with Crippen LogP contribution in [-0.2, 0) is 14.8 Å². The molecule has 26 heavy (non-hydrogen) atoms. The number of amides is 1. The molecule has 2 rings (SSSR count). The highest BCUT2D eigenvalue weighted by Gasteiger charge is 2.17. The highest BCUT2D eigenvalue weighted by Crippen LogP contribution is 2.29. The van der Waals surface area contributed by atoms with E-state index >= 15 is 0 Å². The van der Waals surface area contributed by atoms with Gasteiger partial charge in [-0.2, -0.15) is 0 Å². The van der Waals surface area contributed by atoms with Crippen molar-refractivity contribution in [2.45, 2.75) is 11.8 Å². The van der Waals surface area contributed by atoms with Crippen LogP contribution >= 0.6 is 0 Å². The van der Waals surface area contributed by atoms with Crippen molar-refractivity contribution in [3.63, 3.8) is 0 Å². The molecule has 7 nitrogen and oxygen atoms in total. The topological polar surface area (TPSA) is 93.7 Å². The number of benzene rings is 2. The van der Waals surface area contributed by atoms with Crippen molar-refractivity contribution in [2.75, 3.05) is 26.1 Å². The summed E-state index contributed by atoms with van der Waals surface area (Å²) in [5.41, 5.74) is 0.618. The monoisotopic (exact) mass is 382 g/mol. The molecule has 0 aromatic heterocycles. The van der Waals surface area contributed by atoms with Gasteiger partial charge in [0.1, 0.15) is 5.82 Å². The number of hydrogen-bond acceptors (Lipinski definition) is 5. The average molecular weight is 382 g/mol. The largest absolute Gasteiger partial charge is 0.493 e. The normalized spacial score (nSPS) is 11.1. The molecular formula is C17H19FN2O5S. The molecule has 0 aliphatic heterocycles. The van der Waals surface area contributed by atoms with Gasteiger partial charge < -0.3 is 14.8 Å². The van der Waals surface area contributed by atoms with E-state index in [-0.39, 0.29) is 10.5 Å². The zero-order valence-electron chi connectivity index (χ0n) is 14.5. The molecule has 0 fully saturated rings. The number of carbonyl (C=O) groups is 1. The SMILES string of the molecule is COc1ccc(NC(=O)CNS(=O)(=O)c2ccc(F)c(C)c2)cc1OC. The van der Waals surface area contributed by atoms with Crippen LogP contribution in [0, 0.1) is 12.7 Å². The molecule has 2 aromatic carbocycles. The standard InChI is InChI=1S/C17H19FN2O5S/c1-11-8-13(5-6-14(11)18)26(22,23)19-10-17(21)20-12-4-7-15(24-2)16(9-12)25-3/h4-9,19H,10H2,1-3H3,(H,20,21). The zero-order valence-corrected chi connectivity index (χ0v) is 15.3. The fourth-order valence-electron chi connectivity index (χ4n) is 2.15. The first-order valence-electron chi connectivity index (χ1n) is 7.54. The Labute approximate surface area is 151 Å². The zero-order chi connectivity index (χ0) is 19.3. The van der Waals surface area contributed by atoms with E-state index in [4.69, 9.17) is 9.47 Å². The van der Waals surface area contributed by atoms with Gasteiger partial charge in [0.25, 0.3) is 0 Å². The molecule has 0 atom stereocenters. The number of halogens is 1. The number of sulfonamides is 1. The third-order valence-electron chi connectivity index (χ3n) is 3.53. The molecule has 9 heteroatoms. The third-order valence-corrected chi connectivity index (χ3v) is 4.93. The smallest absolute Gasteiger partial charge is 0.241 e. The lowest BCUT2D eigenvalue weighted by Crippen LogP contribution is -2.33. The van der Waals surface area contributed by atoms with Crippen LogP contribution in [0.15, 0.2) is 41.3 Å². The Morgan fingerprint density at radius 3 is 2.38 bits per heavy atom. The second kappa shape index (κ2) is 8.15. The van der Waals surface area contributed by atoms with Crippen molar-refractivity contribution in [2.24, 2.45) is 0 Å². The lowest BCUT2D eigenvalue weighted by molar-refractivity contribution is -0.115. The van der Waals surface area contributed by atoms with E-state index in [2.05, 4.69) is 10.0 Å². The molecule has 0 saturated carbocycles.